The molecule has 0 fully saturated rings. The van der Waals surface area contributed by atoms with Crippen LogP contribution >= 0.6 is 0 Å². The molecule has 17 heavy (non-hydrogen) atoms. The number of carbonyl (C=O) groups excluding carboxylic acids is 1. The van der Waals surface area contributed by atoms with Gasteiger partial charge in [0.2, 0.25) is 0 Å². The van der Waals surface area contributed by atoms with E-state index in [2.05, 4.69) is 10.6 Å². The van der Waals surface area contributed by atoms with E-state index < -0.39 is 6.10 Å². The predicted molar refractivity (Wildman–Crippen MR) is 68.0 cm³/mol. The minimum absolute atomic E-state index is 0.0668. The monoisotopic (exact) mass is 246 g/mol. The molecule has 0 rings (SSSR count). The lowest BCUT2D eigenvalue weighted by atomic mass is 10.1. The highest BCUT2D eigenvalue weighted by molar-refractivity contribution is 5.74. The van der Waals surface area contributed by atoms with Gasteiger partial charge in [0.1, 0.15) is 0 Å². The van der Waals surface area contributed by atoms with E-state index in [0.717, 1.165) is 6.42 Å². The van der Waals surface area contributed by atoms with Gasteiger partial charge in [-0.2, -0.15) is 0 Å². The van der Waals surface area contributed by atoms with E-state index in [4.69, 9.17) is 4.74 Å². The number of carbonyl (C=O) groups is 1. The number of methoxy groups -OCH3 is 1. The Labute approximate surface area is 104 Å². The number of ether oxygens (including phenoxy) is 1. The van der Waals surface area contributed by atoms with E-state index in [0.29, 0.717) is 25.5 Å². The number of urea groups is 1. The van der Waals surface area contributed by atoms with Crippen LogP contribution in [0.15, 0.2) is 0 Å². The molecule has 0 aromatic heterocycles. The Balaban J connectivity index is 3.64. The van der Waals surface area contributed by atoms with Gasteiger partial charge in [-0.3, -0.25) is 0 Å². The lowest BCUT2D eigenvalue weighted by Gasteiger charge is -2.17. The molecule has 0 heterocycles. The molecule has 5 heteroatoms. The summed E-state index contributed by atoms with van der Waals surface area (Å²) in [5.74, 6) is 0.426. The Kier molecular flexibility index (Phi) is 8.80. The molecule has 0 bridgehead atoms. The van der Waals surface area contributed by atoms with Crippen LogP contribution in [0.25, 0.3) is 0 Å². The average molecular weight is 246 g/mol. The van der Waals surface area contributed by atoms with Crippen molar-refractivity contribution in [2.45, 2.75) is 45.8 Å². The second-order valence-electron chi connectivity index (χ2n) is 4.82. The van der Waals surface area contributed by atoms with Crippen molar-refractivity contribution in [1.29, 1.82) is 0 Å². The standard InChI is InChI=1S/C12H26N2O3/c1-9(2)7-11(15)8-13-12(16)14-10(3)5-6-17-4/h9-11,15H,5-8H2,1-4H3,(H2,13,14,16). The number of amides is 2. The van der Waals surface area contributed by atoms with Crippen LogP contribution in [0.2, 0.25) is 0 Å². The van der Waals surface area contributed by atoms with E-state index in [-0.39, 0.29) is 12.1 Å². The van der Waals surface area contributed by atoms with Crippen molar-refractivity contribution in [2.24, 2.45) is 5.92 Å². The van der Waals surface area contributed by atoms with Crippen LogP contribution in [0.1, 0.15) is 33.6 Å². The molecule has 0 aliphatic rings. The normalized spacial score (nSPS) is 14.5. The number of aliphatic hydroxyl groups is 1. The van der Waals surface area contributed by atoms with Crippen molar-refractivity contribution in [1.82, 2.24) is 10.6 Å². The molecule has 0 saturated heterocycles. The molecule has 2 amide bonds. The maximum absolute atomic E-state index is 11.4. The van der Waals surface area contributed by atoms with Crippen LogP contribution in [-0.4, -0.2) is 43.5 Å². The summed E-state index contributed by atoms with van der Waals surface area (Å²) >= 11 is 0. The summed E-state index contributed by atoms with van der Waals surface area (Å²) in [6.07, 6.45) is 0.993. The largest absolute Gasteiger partial charge is 0.391 e. The minimum atomic E-state index is -0.477. The lowest BCUT2D eigenvalue weighted by Crippen LogP contribution is -2.44. The number of rotatable bonds is 8. The van der Waals surface area contributed by atoms with Crippen molar-refractivity contribution >= 4 is 6.03 Å². The Morgan fingerprint density at radius 3 is 2.53 bits per heavy atom. The Bertz CT molecular complexity index is 210. The lowest BCUT2D eigenvalue weighted by molar-refractivity contribution is 0.146. The zero-order valence-electron chi connectivity index (χ0n) is 11.3. The maximum Gasteiger partial charge on any atom is 0.315 e. The topological polar surface area (TPSA) is 70.6 Å². The van der Waals surface area contributed by atoms with Gasteiger partial charge in [0.15, 0.2) is 0 Å². The molecule has 0 aromatic carbocycles. The summed E-state index contributed by atoms with van der Waals surface area (Å²) in [7, 11) is 1.63. The zero-order chi connectivity index (χ0) is 13.3. The van der Waals surface area contributed by atoms with Gasteiger partial charge in [0, 0.05) is 26.3 Å². The first-order valence-electron chi connectivity index (χ1n) is 6.17. The first kappa shape index (κ1) is 16.2. The SMILES string of the molecule is COCCC(C)NC(=O)NCC(O)CC(C)C. The van der Waals surface area contributed by atoms with E-state index in [1.54, 1.807) is 7.11 Å². The molecule has 5 nitrogen and oxygen atoms in total. The predicted octanol–water partition coefficient (Wildman–Crippen LogP) is 1.12. The van der Waals surface area contributed by atoms with Gasteiger partial charge in [-0.15, -0.1) is 0 Å². The Hall–Kier alpha value is -0.810. The van der Waals surface area contributed by atoms with Gasteiger partial charge >= 0.3 is 6.03 Å². The van der Waals surface area contributed by atoms with Crippen molar-refractivity contribution in [3.8, 4) is 0 Å². The smallest absolute Gasteiger partial charge is 0.315 e. The number of nitrogens with one attached hydrogen (secondary N) is 2. The first-order valence-corrected chi connectivity index (χ1v) is 6.17. The molecule has 0 radical (unpaired) electrons. The van der Waals surface area contributed by atoms with Gasteiger partial charge in [-0.1, -0.05) is 13.8 Å². The summed E-state index contributed by atoms with van der Waals surface area (Å²) in [5, 5.41) is 15.0. The summed E-state index contributed by atoms with van der Waals surface area (Å²) in [6.45, 7) is 6.91. The third kappa shape index (κ3) is 10.1. The van der Waals surface area contributed by atoms with Crippen LogP contribution in [0.3, 0.4) is 0 Å². The molecule has 0 spiro atoms. The van der Waals surface area contributed by atoms with Crippen LogP contribution in [0.4, 0.5) is 4.79 Å². The van der Waals surface area contributed by atoms with Gasteiger partial charge in [0.05, 0.1) is 6.10 Å². The molecule has 3 N–H and O–H groups in total. The zero-order valence-corrected chi connectivity index (χ0v) is 11.3. The fourth-order valence-electron chi connectivity index (χ4n) is 1.48. The molecular weight excluding hydrogens is 220 g/mol. The Morgan fingerprint density at radius 1 is 1.35 bits per heavy atom. The molecule has 0 saturated carbocycles. The van der Waals surface area contributed by atoms with Gasteiger partial charge in [-0.25, -0.2) is 4.79 Å². The summed E-state index contributed by atoms with van der Waals surface area (Å²) in [4.78, 5) is 11.4. The van der Waals surface area contributed by atoms with Gasteiger partial charge in [0.25, 0.3) is 0 Å². The quantitative estimate of drug-likeness (QED) is 0.601. The molecule has 0 aliphatic carbocycles. The summed E-state index contributed by atoms with van der Waals surface area (Å²) < 4.78 is 4.92. The van der Waals surface area contributed by atoms with E-state index in [9.17, 15) is 9.90 Å². The molecule has 0 aromatic rings. The summed E-state index contributed by atoms with van der Waals surface area (Å²) in [5.41, 5.74) is 0. The molecule has 2 atom stereocenters. The molecule has 2 unspecified atom stereocenters. The second kappa shape index (κ2) is 9.24. The average Bonchev–Trinajstić information content (AvgIpc) is 2.22. The van der Waals surface area contributed by atoms with E-state index in [1.165, 1.54) is 0 Å². The van der Waals surface area contributed by atoms with Gasteiger partial charge < -0.3 is 20.5 Å². The third-order valence-corrected chi connectivity index (χ3v) is 2.37. The van der Waals surface area contributed by atoms with Crippen molar-refractivity contribution in [2.75, 3.05) is 20.3 Å². The highest BCUT2D eigenvalue weighted by atomic mass is 16.5. The van der Waals surface area contributed by atoms with Crippen molar-refractivity contribution in [3.05, 3.63) is 0 Å². The fraction of sp³-hybridized carbons (Fsp3) is 0.917. The van der Waals surface area contributed by atoms with Crippen LogP contribution < -0.4 is 10.6 Å². The van der Waals surface area contributed by atoms with Crippen LogP contribution in [0.5, 0.6) is 0 Å². The van der Waals surface area contributed by atoms with Crippen LogP contribution in [0, 0.1) is 5.92 Å². The second-order valence-corrected chi connectivity index (χ2v) is 4.82. The van der Waals surface area contributed by atoms with Crippen LogP contribution in [-0.2, 0) is 4.74 Å². The van der Waals surface area contributed by atoms with Crippen molar-refractivity contribution in [3.63, 3.8) is 0 Å². The molecule has 102 valence electrons. The maximum atomic E-state index is 11.4. The molecule has 0 aliphatic heterocycles. The number of hydrogen-bond donors (Lipinski definition) is 3. The summed E-state index contributed by atoms with van der Waals surface area (Å²) in [6, 6.07) is -0.173. The number of aliphatic hydroxyl groups excluding tert-OH is 1. The highest BCUT2D eigenvalue weighted by Crippen LogP contribution is 2.03. The highest BCUT2D eigenvalue weighted by Gasteiger charge is 2.10. The Morgan fingerprint density at radius 2 is 2.00 bits per heavy atom. The molecular formula is C12H26N2O3. The van der Waals surface area contributed by atoms with Gasteiger partial charge in [-0.05, 0) is 25.7 Å². The number of hydrogen-bond acceptors (Lipinski definition) is 3. The van der Waals surface area contributed by atoms with E-state index in [1.807, 2.05) is 20.8 Å². The third-order valence-electron chi connectivity index (χ3n) is 2.37. The van der Waals surface area contributed by atoms with Crippen molar-refractivity contribution < 1.29 is 14.6 Å². The minimum Gasteiger partial charge on any atom is -0.391 e. The fourth-order valence-corrected chi connectivity index (χ4v) is 1.48. The first-order chi connectivity index (χ1) is 7.95. The van der Waals surface area contributed by atoms with E-state index >= 15 is 0 Å².